The van der Waals surface area contributed by atoms with Gasteiger partial charge in [0.15, 0.2) is 0 Å². The van der Waals surface area contributed by atoms with E-state index in [1.807, 2.05) is 20.0 Å². The van der Waals surface area contributed by atoms with E-state index in [1.165, 1.54) is 0 Å². The SMILES string of the molecule is CNCc1cccc(S(=O)(=O)NCCC(C)C)c1C. The maximum atomic E-state index is 12.3. The first-order valence-electron chi connectivity index (χ1n) is 6.61. The van der Waals surface area contributed by atoms with Crippen LogP contribution in [0.15, 0.2) is 23.1 Å². The zero-order valence-corrected chi connectivity index (χ0v) is 13.0. The Morgan fingerprint density at radius 2 is 1.95 bits per heavy atom. The monoisotopic (exact) mass is 284 g/mol. The molecule has 0 aromatic heterocycles. The second kappa shape index (κ2) is 7.03. The largest absolute Gasteiger partial charge is 0.316 e. The number of nitrogens with one attached hydrogen (secondary N) is 2. The lowest BCUT2D eigenvalue weighted by Gasteiger charge is -2.13. The molecule has 0 saturated carbocycles. The van der Waals surface area contributed by atoms with Crippen molar-refractivity contribution in [2.75, 3.05) is 13.6 Å². The summed E-state index contributed by atoms with van der Waals surface area (Å²) in [6.45, 7) is 7.15. The minimum atomic E-state index is -3.41. The molecule has 0 aliphatic heterocycles. The van der Waals surface area contributed by atoms with Gasteiger partial charge in [0.05, 0.1) is 4.90 Å². The standard InChI is InChI=1S/C14H24N2O2S/c1-11(2)8-9-16-19(17,18)14-7-5-6-13(10-15-4)12(14)3/h5-7,11,15-16H,8-10H2,1-4H3. The summed E-state index contributed by atoms with van der Waals surface area (Å²) >= 11 is 0. The Kier molecular flexibility index (Phi) is 5.97. The van der Waals surface area contributed by atoms with Crippen molar-refractivity contribution in [2.45, 2.75) is 38.6 Å². The van der Waals surface area contributed by atoms with Crippen LogP contribution in [-0.4, -0.2) is 22.0 Å². The van der Waals surface area contributed by atoms with Crippen LogP contribution in [0.2, 0.25) is 0 Å². The van der Waals surface area contributed by atoms with E-state index < -0.39 is 10.0 Å². The Morgan fingerprint density at radius 1 is 1.26 bits per heavy atom. The van der Waals surface area contributed by atoms with E-state index in [0.29, 0.717) is 23.9 Å². The van der Waals surface area contributed by atoms with Gasteiger partial charge in [0.25, 0.3) is 0 Å². The van der Waals surface area contributed by atoms with Crippen LogP contribution in [-0.2, 0) is 16.6 Å². The van der Waals surface area contributed by atoms with E-state index in [2.05, 4.69) is 23.9 Å². The van der Waals surface area contributed by atoms with Crippen molar-refractivity contribution in [1.29, 1.82) is 0 Å². The Balaban J connectivity index is 2.92. The Bertz CT molecular complexity index is 510. The normalized spacial score (nSPS) is 12.1. The summed E-state index contributed by atoms with van der Waals surface area (Å²) in [5.41, 5.74) is 1.82. The summed E-state index contributed by atoms with van der Waals surface area (Å²) in [5, 5.41) is 3.05. The van der Waals surface area contributed by atoms with Gasteiger partial charge >= 0.3 is 0 Å². The highest BCUT2D eigenvalue weighted by molar-refractivity contribution is 7.89. The molecule has 0 heterocycles. The van der Waals surface area contributed by atoms with Gasteiger partial charge in [-0.2, -0.15) is 0 Å². The predicted octanol–water partition coefficient (Wildman–Crippen LogP) is 2.04. The van der Waals surface area contributed by atoms with E-state index in [9.17, 15) is 8.42 Å². The molecule has 0 unspecified atom stereocenters. The predicted molar refractivity (Wildman–Crippen MR) is 78.6 cm³/mol. The molecule has 1 aromatic carbocycles. The van der Waals surface area contributed by atoms with Gasteiger partial charge in [-0.15, -0.1) is 0 Å². The molecule has 4 nitrogen and oxygen atoms in total. The fraction of sp³-hybridized carbons (Fsp3) is 0.571. The van der Waals surface area contributed by atoms with Crippen LogP contribution in [0.5, 0.6) is 0 Å². The summed E-state index contributed by atoms with van der Waals surface area (Å²) in [7, 11) is -1.56. The van der Waals surface area contributed by atoms with Crippen LogP contribution in [0.4, 0.5) is 0 Å². The summed E-state index contributed by atoms with van der Waals surface area (Å²) < 4.78 is 27.2. The maximum absolute atomic E-state index is 12.3. The zero-order chi connectivity index (χ0) is 14.5. The summed E-state index contributed by atoms with van der Waals surface area (Å²) in [6, 6.07) is 5.39. The molecule has 0 spiro atoms. The van der Waals surface area contributed by atoms with E-state index in [1.54, 1.807) is 12.1 Å². The molecule has 0 aliphatic carbocycles. The van der Waals surface area contributed by atoms with Crippen molar-refractivity contribution in [3.05, 3.63) is 29.3 Å². The van der Waals surface area contributed by atoms with Crippen molar-refractivity contribution in [2.24, 2.45) is 5.92 Å². The van der Waals surface area contributed by atoms with Gasteiger partial charge in [-0.25, -0.2) is 13.1 Å². The summed E-state index contributed by atoms with van der Waals surface area (Å²) in [6.07, 6.45) is 0.842. The Hall–Kier alpha value is -0.910. The molecule has 2 N–H and O–H groups in total. The molecule has 1 rings (SSSR count). The van der Waals surface area contributed by atoms with Crippen molar-refractivity contribution in [1.82, 2.24) is 10.0 Å². The number of hydrogen-bond donors (Lipinski definition) is 2. The molecular formula is C14H24N2O2S. The summed E-state index contributed by atoms with van der Waals surface area (Å²) in [4.78, 5) is 0.379. The van der Waals surface area contributed by atoms with E-state index >= 15 is 0 Å². The molecule has 0 amide bonds. The van der Waals surface area contributed by atoms with Crippen LogP contribution < -0.4 is 10.0 Å². The Morgan fingerprint density at radius 3 is 2.53 bits per heavy atom. The van der Waals surface area contributed by atoms with Crippen LogP contribution in [0, 0.1) is 12.8 Å². The third-order valence-corrected chi connectivity index (χ3v) is 4.67. The highest BCUT2D eigenvalue weighted by atomic mass is 32.2. The van der Waals surface area contributed by atoms with Gasteiger partial charge < -0.3 is 5.32 Å². The average molecular weight is 284 g/mol. The molecule has 0 aliphatic rings. The van der Waals surface area contributed by atoms with Gasteiger partial charge in [0.1, 0.15) is 0 Å². The van der Waals surface area contributed by atoms with Crippen LogP contribution in [0.25, 0.3) is 0 Å². The first kappa shape index (κ1) is 16.1. The van der Waals surface area contributed by atoms with Crippen molar-refractivity contribution in [3.63, 3.8) is 0 Å². The number of hydrogen-bond acceptors (Lipinski definition) is 3. The lowest BCUT2D eigenvalue weighted by molar-refractivity contribution is 0.551. The van der Waals surface area contributed by atoms with Crippen LogP contribution >= 0.6 is 0 Å². The lowest BCUT2D eigenvalue weighted by Crippen LogP contribution is -2.26. The van der Waals surface area contributed by atoms with Crippen molar-refractivity contribution < 1.29 is 8.42 Å². The molecule has 19 heavy (non-hydrogen) atoms. The first-order valence-corrected chi connectivity index (χ1v) is 8.09. The van der Waals surface area contributed by atoms with E-state index in [0.717, 1.165) is 17.5 Å². The number of benzene rings is 1. The minimum Gasteiger partial charge on any atom is -0.316 e. The molecule has 0 fully saturated rings. The highest BCUT2D eigenvalue weighted by Crippen LogP contribution is 2.18. The molecule has 0 radical (unpaired) electrons. The van der Waals surface area contributed by atoms with Gasteiger partial charge in [0, 0.05) is 13.1 Å². The van der Waals surface area contributed by atoms with Gasteiger partial charge in [-0.05, 0) is 43.5 Å². The second-order valence-corrected chi connectivity index (χ2v) is 6.89. The smallest absolute Gasteiger partial charge is 0.240 e. The van der Waals surface area contributed by atoms with Gasteiger partial charge in [-0.3, -0.25) is 0 Å². The zero-order valence-electron chi connectivity index (χ0n) is 12.2. The quantitative estimate of drug-likeness (QED) is 0.805. The maximum Gasteiger partial charge on any atom is 0.240 e. The Labute approximate surface area is 116 Å². The first-order chi connectivity index (χ1) is 8.88. The molecule has 0 bridgehead atoms. The summed E-state index contributed by atoms with van der Waals surface area (Å²) in [5.74, 6) is 0.486. The van der Waals surface area contributed by atoms with E-state index in [4.69, 9.17) is 0 Å². The third-order valence-electron chi connectivity index (χ3n) is 3.07. The highest BCUT2D eigenvalue weighted by Gasteiger charge is 2.17. The minimum absolute atomic E-state index is 0.379. The van der Waals surface area contributed by atoms with Crippen LogP contribution in [0.1, 0.15) is 31.4 Å². The molecule has 0 atom stereocenters. The second-order valence-electron chi connectivity index (χ2n) is 5.15. The molecular weight excluding hydrogens is 260 g/mol. The third kappa shape index (κ3) is 4.60. The fourth-order valence-corrected chi connectivity index (χ4v) is 3.23. The number of sulfonamides is 1. The van der Waals surface area contributed by atoms with Crippen LogP contribution in [0.3, 0.4) is 0 Å². The number of rotatable bonds is 7. The van der Waals surface area contributed by atoms with E-state index in [-0.39, 0.29) is 0 Å². The average Bonchev–Trinajstić information content (AvgIpc) is 2.31. The molecule has 1 aromatic rings. The van der Waals surface area contributed by atoms with Gasteiger partial charge in [0.2, 0.25) is 10.0 Å². The van der Waals surface area contributed by atoms with Crippen molar-refractivity contribution >= 4 is 10.0 Å². The van der Waals surface area contributed by atoms with Gasteiger partial charge in [-0.1, -0.05) is 26.0 Å². The topological polar surface area (TPSA) is 58.2 Å². The molecule has 0 saturated heterocycles. The molecule has 108 valence electrons. The van der Waals surface area contributed by atoms with Crippen molar-refractivity contribution in [3.8, 4) is 0 Å². The fourth-order valence-electron chi connectivity index (χ4n) is 1.89. The lowest BCUT2D eigenvalue weighted by atomic mass is 10.1. The molecule has 5 heteroatoms.